The van der Waals surface area contributed by atoms with Crippen LogP contribution < -0.4 is 20.7 Å². The molecule has 0 saturated heterocycles. The second kappa shape index (κ2) is 16.0. The highest BCUT2D eigenvalue weighted by atomic mass is 16.6. The van der Waals surface area contributed by atoms with Gasteiger partial charge in [-0.1, -0.05) is 26.7 Å². The third-order valence-electron chi connectivity index (χ3n) is 6.38. The van der Waals surface area contributed by atoms with Crippen LogP contribution in [-0.4, -0.2) is 52.9 Å². The van der Waals surface area contributed by atoms with Gasteiger partial charge < -0.3 is 32.5 Å². The Morgan fingerprint density at radius 2 is 0.927 bits per heavy atom. The van der Waals surface area contributed by atoms with Crippen molar-refractivity contribution in [2.45, 2.75) is 39.5 Å². The summed E-state index contributed by atoms with van der Waals surface area (Å²) in [5, 5.41) is 1.87. The van der Waals surface area contributed by atoms with Crippen molar-refractivity contribution in [3.8, 4) is 11.5 Å². The molecule has 0 bridgehead atoms. The zero-order valence-corrected chi connectivity index (χ0v) is 23.8. The topological polar surface area (TPSA) is 107 Å². The predicted octanol–water partition coefficient (Wildman–Crippen LogP) is 5.31. The summed E-state index contributed by atoms with van der Waals surface area (Å²) < 4.78 is 38.8. The molecule has 0 spiro atoms. The Morgan fingerprint density at radius 3 is 1.32 bits per heavy atom. The average Bonchev–Trinajstić information content (AvgIpc) is 2.95. The number of aryl methyl sites for hydroxylation is 2. The van der Waals surface area contributed by atoms with Gasteiger partial charge in [-0.25, -0.2) is 9.59 Å². The second-order valence-electron chi connectivity index (χ2n) is 9.53. The molecule has 4 rings (SSSR count). The molecule has 0 fully saturated rings. The van der Waals surface area contributed by atoms with Crippen LogP contribution in [0.2, 0.25) is 0 Å². The Kier molecular flexibility index (Phi) is 11.8. The van der Waals surface area contributed by atoms with Crippen LogP contribution in [0, 0.1) is 0 Å². The maximum absolute atomic E-state index is 11.8. The molecule has 0 aliphatic carbocycles. The van der Waals surface area contributed by atoms with Crippen LogP contribution in [0.3, 0.4) is 0 Å². The molecule has 220 valence electrons. The first-order valence-corrected chi connectivity index (χ1v) is 14.2. The van der Waals surface area contributed by atoms with Gasteiger partial charge in [-0.15, -0.1) is 0 Å². The number of hydrogen-bond donors (Lipinski definition) is 0. The summed E-state index contributed by atoms with van der Waals surface area (Å²) in [6, 6.07) is 14.2. The standard InChI is InChI=1S/C32H38O9/c1-3-5-23-19-31(33)40-29-21-25(7-9-27(23)29)38-17-15-36-13-11-35-12-14-37-16-18-39-26-8-10-28-24(6-4-2)20-32(34)41-30(28)22-26/h7-10,19-22H,3-6,11-18H2,1-2H3. The molecule has 0 atom stereocenters. The molecule has 4 aromatic rings. The second-order valence-corrected chi connectivity index (χ2v) is 9.53. The van der Waals surface area contributed by atoms with Crippen LogP contribution in [0.5, 0.6) is 11.5 Å². The van der Waals surface area contributed by atoms with Gasteiger partial charge in [-0.05, 0) is 48.2 Å². The molecule has 0 N–H and O–H groups in total. The van der Waals surface area contributed by atoms with Crippen molar-refractivity contribution >= 4 is 21.9 Å². The van der Waals surface area contributed by atoms with E-state index in [4.69, 9.17) is 32.5 Å². The lowest BCUT2D eigenvalue weighted by atomic mass is 10.1. The molecule has 2 heterocycles. The number of rotatable bonds is 18. The third-order valence-corrected chi connectivity index (χ3v) is 6.38. The SMILES string of the molecule is CCCc1cc(=O)oc2cc(OCCOCCOCCOCCOc3ccc4c(CCC)cc(=O)oc4c3)ccc12. The van der Waals surface area contributed by atoms with Gasteiger partial charge in [0.25, 0.3) is 0 Å². The summed E-state index contributed by atoms with van der Waals surface area (Å²) in [5.74, 6) is 1.26. The van der Waals surface area contributed by atoms with Gasteiger partial charge in [0, 0.05) is 35.0 Å². The molecule has 41 heavy (non-hydrogen) atoms. The summed E-state index contributed by atoms with van der Waals surface area (Å²) in [6.07, 6.45) is 3.56. The Balaban J connectivity index is 1.03. The largest absolute Gasteiger partial charge is 0.491 e. The fourth-order valence-corrected chi connectivity index (χ4v) is 4.53. The van der Waals surface area contributed by atoms with Gasteiger partial charge in [-0.2, -0.15) is 0 Å². The highest BCUT2D eigenvalue weighted by Gasteiger charge is 2.08. The third kappa shape index (κ3) is 9.18. The van der Waals surface area contributed by atoms with E-state index in [2.05, 4.69) is 13.8 Å². The smallest absolute Gasteiger partial charge is 0.336 e. The maximum atomic E-state index is 11.8. The number of benzene rings is 2. The van der Waals surface area contributed by atoms with Crippen molar-refractivity contribution in [2.24, 2.45) is 0 Å². The fourth-order valence-electron chi connectivity index (χ4n) is 4.53. The zero-order valence-electron chi connectivity index (χ0n) is 23.8. The Labute approximate surface area is 238 Å². The first-order chi connectivity index (χ1) is 20.1. The average molecular weight is 567 g/mol. The Bertz CT molecular complexity index is 1390. The molecule has 2 aromatic heterocycles. The van der Waals surface area contributed by atoms with E-state index in [1.54, 1.807) is 24.3 Å². The lowest BCUT2D eigenvalue weighted by molar-refractivity contribution is 0.00499. The quantitative estimate of drug-likeness (QED) is 0.117. The molecule has 0 amide bonds. The summed E-state index contributed by atoms with van der Waals surface area (Å²) in [7, 11) is 0. The predicted molar refractivity (Wildman–Crippen MR) is 156 cm³/mol. The van der Waals surface area contributed by atoms with Crippen molar-refractivity contribution in [1.29, 1.82) is 0 Å². The van der Waals surface area contributed by atoms with Crippen LogP contribution >= 0.6 is 0 Å². The molecule has 0 aliphatic rings. The number of fused-ring (bicyclic) bond motifs is 2. The molecule has 0 saturated carbocycles. The van der Waals surface area contributed by atoms with Crippen LogP contribution in [0.4, 0.5) is 0 Å². The zero-order chi connectivity index (χ0) is 28.9. The summed E-state index contributed by atoms with van der Waals surface area (Å²) in [4.78, 5) is 23.6. The minimum absolute atomic E-state index is 0.348. The van der Waals surface area contributed by atoms with Crippen LogP contribution in [0.15, 0.2) is 67.0 Å². The number of ether oxygens (including phenoxy) is 5. The fraction of sp³-hybridized carbons (Fsp3) is 0.438. The molecular weight excluding hydrogens is 528 g/mol. The van der Waals surface area contributed by atoms with E-state index in [9.17, 15) is 9.59 Å². The molecule has 2 aromatic carbocycles. The minimum atomic E-state index is -0.348. The Hall–Kier alpha value is -3.66. The molecule has 9 nitrogen and oxygen atoms in total. The Morgan fingerprint density at radius 1 is 0.537 bits per heavy atom. The minimum Gasteiger partial charge on any atom is -0.491 e. The monoisotopic (exact) mass is 566 g/mol. The molecule has 9 heteroatoms. The van der Waals surface area contributed by atoms with E-state index in [-0.39, 0.29) is 11.3 Å². The summed E-state index contributed by atoms with van der Waals surface area (Å²) in [6.45, 7) is 7.50. The summed E-state index contributed by atoms with van der Waals surface area (Å²) in [5.41, 5.74) is 2.36. The molecular formula is C32H38O9. The van der Waals surface area contributed by atoms with E-state index in [0.29, 0.717) is 75.5 Å². The van der Waals surface area contributed by atoms with Crippen LogP contribution in [0.1, 0.15) is 37.8 Å². The van der Waals surface area contributed by atoms with E-state index in [1.807, 2.05) is 24.3 Å². The van der Waals surface area contributed by atoms with Crippen molar-refractivity contribution in [2.75, 3.05) is 52.9 Å². The van der Waals surface area contributed by atoms with Gasteiger partial charge in [0.1, 0.15) is 35.9 Å². The lowest BCUT2D eigenvalue weighted by Crippen LogP contribution is -2.14. The number of hydrogen-bond acceptors (Lipinski definition) is 9. The maximum Gasteiger partial charge on any atom is 0.336 e. The molecule has 0 unspecified atom stereocenters. The van der Waals surface area contributed by atoms with Gasteiger partial charge >= 0.3 is 11.3 Å². The lowest BCUT2D eigenvalue weighted by Gasteiger charge is -2.10. The molecule has 0 aliphatic heterocycles. The van der Waals surface area contributed by atoms with E-state index in [0.717, 1.165) is 47.6 Å². The highest BCUT2D eigenvalue weighted by Crippen LogP contribution is 2.24. The van der Waals surface area contributed by atoms with Crippen molar-refractivity contribution < 1.29 is 32.5 Å². The van der Waals surface area contributed by atoms with E-state index >= 15 is 0 Å². The normalized spacial score (nSPS) is 11.4. The highest BCUT2D eigenvalue weighted by molar-refractivity contribution is 5.82. The van der Waals surface area contributed by atoms with Crippen LogP contribution in [-0.2, 0) is 27.1 Å². The van der Waals surface area contributed by atoms with Gasteiger partial charge in [0.15, 0.2) is 0 Å². The first kappa shape index (κ1) is 30.3. The van der Waals surface area contributed by atoms with Crippen molar-refractivity contribution in [1.82, 2.24) is 0 Å². The van der Waals surface area contributed by atoms with Crippen LogP contribution in [0.25, 0.3) is 21.9 Å². The van der Waals surface area contributed by atoms with Crippen molar-refractivity contribution in [3.63, 3.8) is 0 Å². The van der Waals surface area contributed by atoms with Gasteiger partial charge in [-0.3, -0.25) is 0 Å². The van der Waals surface area contributed by atoms with E-state index < -0.39 is 0 Å². The van der Waals surface area contributed by atoms with Gasteiger partial charge in [0.05, 0.1) is 39.6 Å². The molecule has 0 radical (unpaired) electrons. The first-order valence-electron chi connectivity index (χ1n) is 14.2. The van der Waals surface area contributed by atoms with E-state index in [1.165, 1.54) is 0 Å². The van der Waals surface area contributed by atoms with Crippen molar-refractivity contribution in [3.05, 3.63) is 80.5 Å². The van der Waals surface area contributed by atoms with Gasteiger partial charge in [0.2, 0.25) is 0 Å². The summed E-state index contributed by atoms with van der Waals surface area (Å²) >= 11 is 0.